The third kappa shape index (κ3) is 16.8. The van der Waals surface area contributed by atoms with Gasteiger partial charge in [-0.2, -0.15) is 0 Å². The largest absolute Gasteiger partial charge is 0.473 e. The van der Waals surface area contributed by atoms with Crippen molar-refractivity contribution in [2.75, 3.05) is 26.2 Å². The van der Waals surface area contributed by atoms with Crippen LogP contribution >= 0.6 is 0 Å². The number of aliphatic hydroxyl groups is 1. The monoisotopic (exact) mass is 251 g/mol. The number of nitrogens with one attached hydrogen (secondary N) is 2. The number of hydrogen-bond donors (Lipinski definition) is 6. The first-order valence-electron chi connectivity index (χ1n) is 4.74. The molecule has 9 heteroatoms. The molecule has 0 aliphatic rings. The number of carbonyl (C=O) groups is 3. The summed E-state index contributed by atoms with van der Waals surface area (Å²) in [6.07, 6.45) is 0.579. The van der Waals surface area contributed by atoms with Crippen molar-refractivity contribution in [2.45, 2.75) is 6.42 Å². The van der Waals surface area contributed by atoms with Gasteiger partial charge in [-0.3, -0.25) is 0 Å². The van der Waals surface area contributed by atoms with Crippen LogP contribution in [0.1, 0.15) is 6.42 Å². The summed E-state index contributed by atoms with van der Waals surface area (Å²) in [7, 11) is 0. The van der Waals surface area contributed by atoms with Crippen molar-refractivity contribution < 1.29 is 29.7 Å². The maximum Gasteiger partial charge on any atom is 0.414 e. The first-order chi connectivity index (χ1) is 7.95. The third-order valence-corrected chi connectivity index (χ3v) is 1.23. The van der Waals surface area contributed by atoms with Gasteiger partial charge in [0.05, 0.1) is 0 Å². The van der Waals surface area contributed by atoms with Crippen molar-refractivity contribution in [1.82, 2.24) is 10.6 Å². The van der Waals surface area contributed by atoms with E-state index in [1.807, 2.05) is 0 Å². The predicted molar refractivity (Wildman–Crippen MR) is 57.4 cm³/mol. The molecule has 0 aliphatic heterocycles. The number of nitrogens with two attached hydrogens (primary N) is 1. The average molecular weight is 251 g/mol. The molecule has 9 nitrogen and oxygen atoms in total. The van der Waals surface area contributed by atoms with Gasteiger partial charge in [0.15, 0.2) is 0 Å². The lowest BCUT2D eigenvalue weighted by atomic mass is 10.4. The number of carboxylic acid groups (broad SMARTS) is 2. The fraction of sp³-hybridized carbons (Fsp3) is 0.625. The molecule has 0 saturated carbocycles. The second-order valence-electron chi connectivity index (χ2n) is 2.66. The van der Waals surface area contributed by atoms with Gasteiger partial charge in [0.25, 0.3) is 0 Å². The molecule has 2 amide bonds. The number of hydrogen-bond acceptors (Lipinski definition) is 5. The van der Waals surface area contributed by atoms with Crippen molar-refractivity contribution in [1.29, 1.82) is 0 Å². The average Bonchev–Trinajstić information content (AvgIpc) is 2.27. The molecule has 17 heavy (non-hydrogen) atoms. The van der Waals surface area contributed by atoms with Gasteiger partial charge in [-0.1, -0.05) is 0 Å². The van der Waals surface area contributed by atoms with E-state index in [1.54, 1.807) is 0 Å². The fourth-order valence-corrected chi connectivity index (χ4v) is 0.529. The van der Waals surface area contributed by atoms with Crippen LogP contribution in [0, 0.1) is 0 Å². The molecule has 0 unspecified atom stereocenters. The van der Waals surface area contributed by atoms with Crippen LogP contribution in [0.5, 0.6) is 0 Å². The number of carboxylic acids is 2. The number of aliphatic hydroxyl groups excluding tert-OH is 1. The standard InChI is InChI=1S/C6H15N3O2.C2H2O4/c7-2-4-9-6(11)8-3-1-5-10;3-1(4)2(5)6/h10H,1-5,7H2,(H2,8,9,11);(H,3,4)(H,5,6). The highest BCUT2D eigenvalue weighted by Crippen LogP contribution is 1.71. The number of aliphatic carboxylic acids is 2. The molecule has 0 bridgehead atoms. The molecule has 0 rings (SSSR count). The Morgan fingerprint density at radius 3 is 1.82 bits per heavy atom. The first kappa shape index (κ1) is 17.5. The zero-order chi connectivity index (χ0) is 13.7. The molecule has 7 N–H and O–H groups in total. The van der Waals surface area contributed by atoms with E-state index in [9.17, 15) is 4.79 Å². The topological polar surface area (TPSA) is 162 Å². The Balaban J connectivity index is 0. The number of carbonyl (C=O) groups excluding carboxylic acids is 1. The van der Waals surface area contributed by atoms with E-state index in [1.165, 1.54) is 0 Å². The highest BCUT2D eigenvalue weighted by atomic mass is 16.4. The molecule has 0 aromatic rings. The molecule has 100 valence electrons. The second-order valence-corrected chi connectivity index (χ2v) is 2.66. The maximum absolute atomic E-state index is 10.7. The van der Waals surface area contributed by atoms with Crippen LogP contribution in [0.25, 0.3) is 0 Å². The second kappa shape index (κ2) is 12.2. The summed E-state index contributed by atoms with van der Waals surface area (Å²) < 4.78 is 0. The molecule has 0 aromatic carbocycles. The molecule has 0 atom stereocenters. The molecular weight excluding hydrogens is 234 g/mol. The minimum Gasteiger partial charge on any atom is -0.473 e. The lowest BCUT2D eigenvalue weighted by Gasteiger charge is -2.04. The maximum atomic E-state index is 10.7. The highest BCUT2D eigenvalue weighted by Gasteiger charge is 2.04. The lowest BCUT2D eigenvalue weighted by Crippen LogP contribution is -2.38. The van der Waals surface area contributed by atoms with Gasteiger partial charge in [0.1, 0.15) is 0 Å². The summed E-state index contributed by atoms with van der Waals surface area (Å²) in [5.74, 6) is -3.65. The molecule has 0 aromatic heterocycles. The summed E-state index contributed by atoms with van der Waals surface area (Å²) in [4.78, 5) is 28.9. The van der Waals surface area contributed by atoms with Gasteiger partial charge in [-0.05, 0) is 6.42 Å². The van der Waals surface area contributed by atoms with E-state index in [0.29, 0.717) is 26.1 Å². The van der Waals surface area contributed by atoms with Gasteiger partial charge in [0, 0.05) is 26.2 Å². The van der Waals surface area contributed by atoms with E-state index < -0.39 is 11.9 Å². The Morgan fingerprint density at radius 1 is 1.00 bits per heavy atom. The lowest BCUT2D eigenvalue weighted by molar-refractivity contribution is -0.159. The Hall–Kier alpha value is -1.87. The summed E-state index contributed by atoms with van der Waals surface area (Å²) in [5.41, 5.74) is 5.15. The number of urea groups is 1. The van der Waals surface area contributed by atoms with Crippen LogP contribution in [0.2, 0.25) is 0 Å². The van der Waals surface area contributed by atoms with Crippen LogP contribution < -0.4 is 16.4 Å². The van der Waals surface area contributed by atoms with Gasteiger partial charge >= 0.3 is 18.0 Å². The third-order valence-electron chi connectivity index (χ3n) is 1.23. The van der Waals surface area contributed by atoms with Crippen molar-refractivity contribution in [3.63, 3.8) is 0 Å². The molecule has 0 radical (unpaired) electrons. The molecule has 0 heterocycles. The molecule has 0 saturated heterocycles. The Labute approximate surface area is 97.6 Å². The zero-order valence-electron chi connectivity index (χ0n) is 9.18. The SMILES string of the molecule is NCCNC(=O)NCCCO.O=C(O)C(=O)O. The predicted octanol–water partition coefficient (Wildman–Crippen LogP) is -2.22. The first-order valence-corrected chi connectivity index (χ1v) is 4.74. The van der Waals surface area contributed by atoms with Gasteiger partial charge in [-0.15, -0.1) is 0 Å². The zero-order valence-corrected chi connectivity index (χ0v) is 9.18. The van der Waals surface area contributed by atoms with E-state index in [-0.39, 0.29) is 12.6 Å². The van der Waals surface area contributed by atoms with Crippen LogP contribution in [0.15, 0.2) is 0 Å². The molecular formula is C8H17N3O6. The number of rotatable bonds is 5. The minimum absolute atomic E-state index is 0.0944. The van der Waals surface area contributed by atoms with E-state index in [0.717, 1.165) is 0 Å². The molecule has 0 fully saturated rings. The molecule has 0 aliphatic carbocycles. The van der Waals surface area contributed by atoms with Gasteiger partial charge in [-0.25, -0.2) is 14.4 Å². The van der Waals surface area contributed by atoms with Crippen LogP contribution in [0.4, 0.5) is 4.79 Å². The summed E-state index contributed by atoms with van der Waals surface area (Å²) in [6, 6.07) is -0.232. The van der Waals surface area contributed by atoms with Crippen molar-refractivity contribution in [3.05, 3.63) is 0 Å². The quantitative estimate of drug-likeness (QED) is 0.238. The molecule has 0 spiro atoms. The Morgan fingerprint density at radius 2 is 1.47 bits per heavy atom. The Kier molecular flexibility index (Phi) is 12.6. The van der Waals surface area contributed by atoms with E-state index in [4.69, 9.17) is 30.6 Å². The van der Waals surface area contributed by atoms with Gasteiger partial charge < -0.3 is 31.7 Å². The summed E-state index contributed by atoms with van der Waals surface area (Å²) in [5, 5.41) is 28.2. The van der Waals surface area contributed by atoms with Crippen LogP contribution in [0.3, 0.4) is 0 Å². The number of amides is 2. The van der Waals surface area contributed by atoms with Crippen molar-refractivity contribution in [3.8, 4) is 0 Å². The fourth-order valence-electron chi connectivity index (χ4n) is 0.529. The van der Waals surface area contributed by atoms with Crippen molar-refractivity contribution in [2.24, 2.45) is 5.73 Å². The Bertz CT molecular complexity index is 233. The summed E-state index contributed by atoms with van der Waals surface area (Å²) in [6.45, 7) is 1.50. The summed E-state index contributed by atoms with van der Waals surface area (Å²) >= 11 is 0. The minimum atomic E-state index is -1.82. The van der Waals surface area contributed by atoms with Crippen LogP contribution in [-0.2, 0) is 9.59 Å². The smallest absolute Gasteiger partial charge is 0.414 e. The van der Waals surface area contributed by atoms with Crippen molar-refractivity contribution >= 4 is 18.0 Å². The van der Waals surface area contributed by atoms with E-state index in [2.05, 4.69) is 10.6 Å². The normalized spacial score (nSPS) is 8.59. The highest BCUT2D eigenvalue weighted by molar-refractivity contribution is 6.27. The van der Waals surface area contributed by atoms with E-state index >= 15 is 0 Å². The van der Waals surface area contributed by atoms with Gasteiger partial charge in [0.2, 0.25) is 0 Å². The van der Waals surface area contributed by atoms with Crippen LogP contribution in [-0.4, -0.2) is 59.5 Å².